The molecule has 0 aliphatic carbocycles. The van der Waals surface area contributed by atoms with Gasteiger partial charge in [-0.2, -0.15) is 0 Å². The number of aryl methyl sites for hydroxylation is 9. The zero-order chi connectivity index (χ0) is 100. The lowest BCUT2D eigenvalue weighted by Gasteiger charge is -2.28. The zero-order valence-corrected chi connectivity index (χ0v) is 87.2. The molecule has 142 heavy (non-hydrogen) atoms. The quantitative estimate of drug-likeness (QED) is 0.0361. The van der Waals surface area contributed by atoms with Gasteiger partial charge in [0.05, 0.1) is 104 Å². The summed E-state index contributed by atoms with van der Waals surface area (Å²) in [7, 11) is 4.20. The third-order valence-corrected chi connectivity index (χ3v) is 28.9. The number of nitrogens with zero attached hydrogens (tertiary/aromatic N) is 14. The van der Waals surface area contributed by atoms with Crippen LogP contribution in [-0.2, 0) is 45.8 Å². The average Bonchev–Trinajstić information content (AvgIpc) is 1.59. The molecule has 746 valence electrons. The van der Waals surface area contributed by atoms with Crippen LogP contribution in [0, 0.1) is 105 Å². The molecule has 20 rings (SSSR count). The summed E-state index contributed by atoms with van der Waals surface area (Å²) >= 11 is 24.6. The Labute approximate surface area is 851 Å². The summed E-state index contributed by atoms with van der Waals surface area (Å²) in [5.41, 5.74) is 35.8. The first-order chi connectivity index (χ1) is 68.3. The molecule has 0 bridgehead atoms. The topological polar surface area (TPSA) is 176 Å². The number of fused-ring (bicyclic) bond motifs is 5. The van der Waals surface area contributed by atoms with Gasteiger partial charge in [0, 0.05) is 86.6 Å². The molecule has 4 saturated heterocycles. The molecule has 0 saturated carbocycles. The number of anilines is 5. The standard InChI is InChI=1S/C27H26ClF2N3.C25H33FN4.C22H26FN3.C21H27ClFN5.C19H20Cl2N4/c1-17-14-24-26(25(18(17)2)20-8-4-5-9-22(20)29)31-27(32-12-6-3-7-13-32)33(24)16-19-10-11-23(30)21(28)15-19;1-17-11-21(16-28(4)5)24-22(12-17)30(25(27-24)29-9-7-6-8-10-29)15-20-13-18(2)23(26)19(3)14-20;1-15-7-8-19-20(11-15)26(22(24-19)25-9-5-4-6-10-25)14-18-12-16(2)21(23)17(3)13-18;1-4-25-11-16-14(3)13(2)9-19-20(16)27-21(26-8-7-24)28(19)12-15-5-6-18(23)17(22)10-15;1-12-4-5-13(9-15(12)21)11-25-17-10-14(20)6-7-16(17)23-19(25)24-18-3-2-8-22-18/h4-5,8-11,14-15H,3,6-7,12-13,16H2,1-2H3;11-14H,6-10,15-16H2,1-5H3;7-8,11-13H,4-6,9-10,14H2,1-3H3;5-6,9-10,25H,4,7-8,11-12,24H2,1-3H3,(H,26,27);4-7,9-10,18,22H,2-3,8,11H2,1H3,(H,23,24). The summed E-state index contributed by atoms with van der Waals surface area (Å²) < 4.78 is 81.6. The third kappa shape index (κ3) is 23.9. The lowest BCUT2D eigenvalue weighted by molar-refractivity contribution is 0.404. The van der Waals surface area contributed by atoms with Crippen molar-refractivity contribution in [1.29, 1.82) is 0 Å². The minimum absolute atomic E-state index is 0.101. The molecule has 28 heteroatoms. The first kappa shape index (κ1) is 103. The van der Waals surface area contributed by atoms with Gasteiger partial charge >= 0.3 is 0 Å². The fourth-order valence-electron chi connectivity index (χ4n) is 20.1. The molecule has 0 radical (unpaired) electrons. The van der Waals surface area contributed by atoms with Gasteiger partial charge in [-0.25, -0.2) is 46.9 Å². The molecule has 16 aromatic rings. The van der Waals surface area contributed by atoms with E-state index < -0.39 is 11.6 Å². The first-order valence-corrected chi connectivity index (χ1v) is 51.4. The van der Waals surface area contributed by atoms with Crippen LogP contribution >= 0.6 is 46.4 Å². The van der Waals surface area contributed by atoms with E-state index in [9.17, 15) is 22.0 Å². The minimum atomic E-state index is -0.430. The molecule has 9 heterocycles. The Morgan fingerprint density at radius 2 is 0.894 bits per heavy atom. The number of nitrogens with one attached hydrogen (secondary N) is 4. The van der Waals surface area contributed by atoms with Crippen LogP contribution in [0.2, 0.25) is 20.1 Å². The Balaban J connectivity index is 0.000000128. The Morgan fingerprint density at radius 1 is 0.415 bits per heavy atom. The molecule has 4 fully saturated rings. The van der Waals surface area contributed by atoms with Crippen LogP contribution in [-0.4, -0.2) is 138 Å². The highest BCUT2D eigenvalue weighted by Gasteiger charge is 2.30. The van der Waals surface area contributed by atoms with Crippen molar-refractivity contribution < 1.29 is 22.0 Å². The van der Waals surface area contributed by atoms with E-state index in [0.717, 1.165) is 219 Å². The summed E-state index contributed by atoms with van der Waals surface area (Å²) in [4.78, 5) is 34.2. The number of halogens is 9. The molecule has 1 atom stereocenters. The van der Waals surface area contributed by atoms with E-state index in [0.29, 0.717) is 78.7 Å². The van der Waals surface area contributed by atoms with Crippen molar-refractivity contribution in [3.8, 4) is 11.1 Å². The van der Waals surface area contributed by atoms with Crippen LogP contribution < -0.4 is 41.7 Å². The fourth-order valence-corrected chi connectivity index (χ4v) is 20.8. The largest absolute Gasteiger partial charge is 0.354 e. The Kier molecular flexibility index (Phi) is 33.8. The minimum Gasteiger partial charge on any atom is -0.354 e. The van der Waals surface area contributed by atoms with E-state index in [1.54, 1.807) is 30.3 Å². The Hall–Kier alpha value is -11.6. The van der Waals surface area contributed by atoms with Gasteiger partial charge in [-0.1, -0.05) is 132 Å². The molecule has 11 aromatic carbocycles. The van der Waals surface area contributed by atoms with Crippen LogP contribution in [0.3, 0.4) is 0 Å². The number of imidazole rings is 5. The van der Waals surface area contributed by atoms with Crippen molar-refractivity contribution >= 4 is 131 Å². The van der Waals surface area contributed by atoms with Crippen LogP contribution in [0.5, 0.6) is 0 Å². The summed E-state index contributed by atoms with van der Waals surface area (Å²) in [6.45, 7) is 38.0. The zero-order valence-electron chi connectivity index (χ0n) is 84.2. The predicted molar refractivity (Wildman–Crippen MR) is 579 cm³/mol. The third-order valence-electron chi connectivity index (χ3n) is 27.7. The molecule has 6 N–H and O–H groups in total. The number of nitrogens with two attached hydrogens (primary N) is 1. The smallest absolute Gasteiger partial charge is 0.206 e. The number of piperidine rings is 3. The van der Waals surface area contributed by atoms with Crippen molar-refractivity contribution in [3.05, 3.63) is 313 Å². The van der Waals surface area contributed by atoms with E-state index >= 15 is 0 Å². The van der Waals surface area contributed by atoms with Crippen molar-refractivity contribution in [1.82, 2.24) is 63.3 Å². The number of hydrogen-bond acceptors (Lipinski definition) is 14. The molecular formula is C114H132Cl4F5N19. The van der Waals surface area contributed by atoms with Crippen molar-refractivity contribution in [2.24, 2.45) is 5.73 Å². The monoisotopic (exact) mass is 2000 g/mol. The summed E-state index contributed by atoms with van der Waals surface area (Å²) in [6, 6.07) is 51.6. The Morgan fingerprint density at radius 3 is 1.43 bits per heavy atom. The van der Waals surface area contributed by atoms with Crippen LogP contribution in [0.1, 0.15) is 178 Å². The molecule has 4 aliphatic heterocycles. The molecule has 4 aliphatic rings. The van der Waals surface area contributed by atoms with Crippen LogP contribution in [0.4, 0.5) is 51.7 Å². The number of rotatable bonds is 24. The van der Waals surface area contributed by atoms with Gasteiger partial charge in [-0.15, -0.1) is 0 Å². The summed E-state index contributed by atoms with van der Waals surface area (Å²) in [6.07, 6.45) is 13.4. The summed E-state index contributed by atoms with van der Waals surface area (Å²) in [5.74, 6) is 3.27. The molecule has 5 aromatic heterocycles. The van der Waals surface area contributed by atoms with Gasteiger partial charge < -0.3 is 64.1 Å². The number of aromatic nitrogens is 10. The van der Waals surface area contributed by atoms with Gasteiger partial charge in [0.25, 0.3) is 0 Å². The van der Waals surface area contributed by atoms with Crippen LogP contribution in [0.15, 0.2) is 164 Å². The van der Waals surface area contributed by atoms with Crippen molar-refractivity contribution in [3.63, 3.8) is 0 Å². The lowest BCUT2D eigenvalue weighted by atomic mass is 9.95. The van der Waals surface area contributed by atoms with Gasteiger partial charge in [-0.05, 0) is 359 Å². The second kappa shape index (κ2) is 46.4. The maximum absolute atomic E-state index is 14.9. The molecular weight excluding hydrogens is 1870 g/mol. The molecule has 0 amide bonds. The summed E-state index contributed by atoms with van der Waals surface area (Å²) in [5, 5.41) is 15.4. The van der Waals surface area contributed by atoms with Gasteiger partial charge in [-0.3, -0.25) is 5.32 Å². The average molecular weight is 2010 g/mol. The van der Waals surface area contributed by atoms with E-state index in [1.165, 1.54) is 108 Å². The predicted octanol–water partition coefficient (Wildman–Crippen LogP) is 26.4. The normalized spacial score (nSPS) is 14.5. The van der Waals surface area contributed by atoms with Crippen molar-refractivity contribution in [2.75, 3.05) is 105 Å². The second-order valence-electron chi connectivity index (χ2n) is 39.0. The molecule has 0 spiro atoms. The number of benzene rings is 11. The highest BCUT2D eigenvalue weighted by atomic mass is 35.5. The van der Waals surface area contributed by atoms with Gasteiger partial charge in [0.1, 0.15) is 29.1 Å². The maximum atomic E-state index is 14.9. The highest BCUT2D eigenvalue weighted by Crippen LogP contribution is 2.41. The highest BCUT2D eigenvalue weighted by molar-refractivity contribution is 6.32. The van der Waals surface area contributed by atoms with E-state index in [4.69, 9.17) is 77.1 Å². The fraction of sp³-hybridized carbons (Fsp3) is 0.377. The van der Waals surface area contributed by atoms with E-state index in [2.05, 4.69) is 167 Å². The molecule has 1 unspecified atom stereocenters. The van der Waals surface area contributed by atoms with Crippen LogP contribution in [0.25, 0.3) is 66.3 Å². The van der Waals surface area contributed by atoms with E-state index in [1.807, 2.05) is 109 Å². The lowest BCUT2D eigenvalue weighted by Crippen LogP contribution is -2.32. The second-order valence-corrected chi connectivity index (χ2v) is 40.7. The SMILES string of the molecule is CCNCc1c(C)c(C)cc2c1nc(NCCN)n2Cc1ccc(F)c(Cl)c1.Cc1cc(CN(C)C)c2nc(N3CCCCC3)n(Cc3cc(C)c(F)c(C)c3)c2c1.Cc1cc2c(nc(N3CCCCC3)n2Cc2ccc(F)c(Cl)c2)c(-c2ccccc2F)c1C.Cc1ccc(Cn2c(NC3CCCN3)nc3ccc(Cl)cc32)cc1Cl.Cc1ccc2nc(N3CCCCC3)n(Cc3cc(C)c(F)c(C)c3)c2c1. The number of hydrogen-bond donors (Lipinski definition) is 5. The van der Waals surface area contributed by atoms with Gasteiger partial charge in [0.15, 0.2) is 0 Å². The van der Waals surface area contributed by atoms with E-state index in [-0.39, 0.29) is 33.7 Å². The maximum Gasteiger partial charge on any atom is 0.206 e. The first-order valence-electron chi connectivity index (χ1n) is 49.9. The molecule has 19 nitrogen and oxygen atoms in total. The van der Waals surface area contributed by atoms with Gasteiger partial charge in [0.2, 0.25) is 29.7 Å². The Bertz CT molecular complexity index is 7170. The van der Waals surface area contributed by atoms with Crippen molar-refractivity contribution in [2.45, 2.75) is 206 Å².